The summed E-state index contributed by atoms with van der Waals surface area (Å²) >= 11 is 0. The van der Waals surface area contributed by atoms with E-state index in [0.29, 0.717) is 5.56 Å². The molecule has 0 aliphatic carbocycles. The van der Waals surface area contributed by atoms with Crippen molar-refractivity contribution >= 4 is 0 Å². The van der Waals surface area contributed by atoms with Gasteiger partial charge < -0.3 is 5.11 Å². The van der Waals surface area contributed by atoms with Crippen LogP contribution in [0, 0.1) is 6.92 Å². The Morgan fingerprint density at radius 2 is 1.71 bits per heavy atom. The van der Waals surface area contributed by atoms with Crippen LogP contribution in [0.2, 0.25) is 0 Å². The predicted octanol–water partition coefficient (Wildman–Crippen LogP) is 0.964. The molecule has 2 aromatic carbocycles. The lowest BCUT2D eigenvalue weighted by Crippen LogP contribution is -2.32. The van der Waals surface area contributed by atoms with E-state index in [2.05, 4.69) is 0 Å². The molecule has 1 N–H and O–H groups in total. The van der Waals surface area contributed by atoms with Crippen LogP contribution in [-0.2, 0) is 0 Å². The molecule has 0 fully saturated rings. The zero-order valence-electron chi connectivity index (χ0n) is 7.57. The number of rotatable bonds is 1. The summed E-state index contributed by atoms with van der Waals surface area (Å²) in [6.45, 7) is 1.83. The van der Waals surface area contributed by atoms with Crippen molar-refractivity contribution in [3.8, 4) is 16.9 Å². The summed E-state index contributed by atoms with van der Waals surface area (Å²) in [5, 5.41) is 9.23. The van der Waals surface area contributed by atoms with Crippen molar-refractivity contribution in [2.24, 2.45) is 0 Å². The number of aryl methyl sites for hydroxylation is 1. The summed E-state index contributed by atoms with van der Waals surface area (Å²) in [6, 6.07) is 7.14. The highest BCUT2D eigenvalue weighted by atomic mass is 16.3. The van der Waals surface area contributed by atoms with Crippen LogP contribution < -0.4 is 10.9 Å². The van der Waals surface area contributed by atoms with Crippen molar-refractivity contribution in [3.63, 3.8) is 0 Å². The maximum absolute atomic E-state index is 11.2. The van der Waals surface area contributed by atoms with Gasteiger partial charge in [0.2, 0.25) is 5.43 Å². The van der Waals surface area contributed by atoms with Gasteiger partial charge in [0, 0.05) is 0 Å². The lowest BCUT2D eigenvalue weighted by Gasteiger charge is -2.07. The molecule has 0 spiro atoms. The Morgan fingerprint density at radius 3 is 2.29 bits per heavy atom. The first-order valence-corrected chi connectivity index (χ1v) is 4.21. The Balaban J connectivity index is 2.69. The first kappa shape index (κ1) is 8.69. The zero-order chi connectivity index (χ0) is 10.3. The van der Waals surface area contributed by atoms with Crippen molar-refractivity contribution in [1.29, 1.82) is 0 Å². The summed E-state index contributed by atoms with van der Waals surface area (Å²) in [7, 11) is 0. The molecule has 0 unspecified atom stereocenters. The monoisotopic (exact) mass is 188 g/mol. The molecule has 0 saturated carbocycles. The molecule has 0 atom stereocenters. The van der Waals surface area contributed by atoms with Crippen LogP contribution in [0.5, 0.6) is 5.75 Å². The number of aromatic hydroxyl groups is 1. The van der Waals surface area contributed by atoms with Gasteiger partial charge in [-0.25, -0.2) is 0 Å². The van der Waals surface area contributed by atoms with Crippen molar-refractivity contribution in [2.45, 2.75) is 6.92 Å². The van der Waals surface area contributed by atoms with Crippen LogP contribution in [0.3, 0.4) is 0 Å². The third-order valence-corrected chi connectivity index (χ3v) is 2.30. The molecule has 3 heteroatoms. The molecule has 2 aromatic rings. The third kappa shape index (κ3) is 0.988. The second kappa shape index (κ2) is 2.80. The fraction of sp³-hybridized carbons (Fsp3) is 0.0909. The molecular formula is C11H8O3. The maximum Gasteiger partial charge on any atom is 0.268 e. The second-order valence-corrected chi connectivity index (χ2v) is 3.20. The minimum atomic E-state index is -0.789. The van der Waals surface area contributed by atoms with E-state index in [0.717, 1.165) is 5.56 Å². The summed E-state index contributed by atoms with van der Waals surface area (Å²) in [5.74, 6) is -0.413. The van der Waals surface area contributed by atoms with Gasteiger partial charge in [-0.1, -0.05) is 24.3 Å². The molecule has 0 aromatic heterocycles. The van der Waals surface area contributed by atoms with E-state index in [4.69, 9.17) is 0 Å². The van der Waals surface area contributed by atoms with Crippen LogP contribution in [0.25, 0.3) is 11.1 Å². The molecule has 0 saturated heterocycles. The number of hydrogen-bond donors (Lipinski definition) is 1. The highest BCUT2D eigenvalue weighted by Gasteiger charge is 2.22. The molecule has 0 bridgehead atoms. The Kier molecular flexibility index (Phi) is 1.74. The molecule has 0 radical (unpaired) electrons. The smallest absolute Gasteiger partial charge is 0.268 e. The first-order valence-electron chi connectivity index (χ1n) is 4.21. The van der Waals surface area contributed by atoms with Gasteiger partial charge in [0.05, 0.1) is 5.56 Å². The van der Waals surface area contributed by atoms with E-state index in [9.17, 15) is 14.7 Å². The highest BCUT2D eigenvalue weighted by molar-refractivity contribution is 5.75. The quantitative estimate of drug-likeness (QED) is 0.678. The zero-order valence-corrected chi connectivity index (χ0v) is 7.57. The largest absolute Gasteiger partial charge is 0.503 e. The minimum Gasteiger partial charge on any atom is -0.503 e. The van der Waals surface area contributed by atoms with E-state index in [1.54, 1.807) is 12.1 Å². The number of hydrogen-bond acceptors (Lipinski definition) is 3. The fourth-order valence-electron chi connectivity index (χ4n) is 1.48. The molecule has 0 aliphatic rings. The molecule has 2 rings (SSSR count). The van der Waals surface area contributed by atoms with Crippen LogP contribution >= 0.6 is 0 Å². The van der Waals surface area contributed by atoms with Crippen molar-refractivity contribution in [1.82, 2.24) is 0 Å². The summed E-state index contributed by atoms with van der Waals surface area (Å²) < 4.78 is 0. The molecule has 3 nitrogen and oxygen atoms in total. The summed E-state index contributed by atoms with van der Waals surface area (Å²) in [6.07, 6.45) is 0. The van der Waals surface area contributed by atoms with Gasteiger partial charge in [0.15, 0.2) is 5.75 Å². The highest BCUT2D eigenvalue weighted by Crippen LogP contribution is 2.26. The average molecular weight is 188 g/mol. The van der Waals surface area contributed by atoms with Crippen LogP contribution in [-0.4, -0.2) is 5.11 Å². The Labute approximate surface area is 79.9 Å². The van der Waals surface area contributed by atoms with Crippen LogP contribution in [0.15, 0.2) is 33.9 Å². The molecule has 0 amide bonds. The van der Waals surface area contributed by atoms with Gasteiger partial charge >= 0.3 is 0 Å². The van der Waals surface area contributed by atoms with E-state index in [1.807, 2.05) is 19.1 Å². The van der Waals surface area contributed by atoms with Gasteiger partial charge in [-0.15, -0.1) is 0 Å². The first-order chi connectivity index (χ1) is 6.63. The Hall–Kier alpha value is -1.90. The van der Waals surface area contributed by atoms with Crippen LogP contribution in [0.1, 0.15) is 5.56 Å². The maximum atomic E-state index is 11.2. The molecule has 0 aliphatic heterocycles. The predicted molar refractivity (Wildman–Crippen MR) is 53.2 cm³/mol. The van der Waals surface area contributed by atoms with E-state index in [1.165, 1.54) is 0 Å². The van der Waals surface area contributed by atoms with Gasteiger partial charge in [0.25, 0.3) is 5.43 Å². The Morgan fingerprint density at radius 1 is 1.07 bits per heavy atom. The van der Waals surface area contributed by atoms with Crippen molar-refractivity contribution < 1.29 is 5.11 Å². The average Bonchev–Trinajstić information content (AvgIpc) is 2.21. The topological polar surface area (TPSA) is 54.4 Å². The fourth-order valence-corrected chi connectivity index (χ4v) is 1.48. The SMILES string of the molecule is Cc1ccccc1-c1c(O)c(=O)c1=O. The van der Waals surface area contributed by atoms with Gasteiger partial charge in [-0.2, -0.15) is 0 Å². The van der Waals surface area contributed by atoms with Crippen molar-refractivity contribution in [2.75, 3.05) is 0 Å². The van der Waals surface area contributed by atoms with E-state index in [-0.39, 0.29) is 5.56 Å². The van der Waals surface area contributed by atoms with E-state index < -0.39 is 16.6 Å². The molecule has 0 heterocycles. The van der Waals surface area contributed by atoms with Crippen molar-refractivity contribution in [3.05, 3.63) is 50.3 Å². The number of benzene rings is 1. The third-order valence-electron chi connectivity index (χ3n) is 2.30. The van der Waals surface area contributed by atoms with Gasteiger partial charge in [-0.3, -0.25) is 9.59 Å². The Bertz CT molecular complexity index is 560. The van der Waals surface area contributed by atoms with Gasteiger partial charge in [-0.05, 0) is 18.1 Å². The molecule has 70 valence electrons. The van der Waals surface area contributed by atoms with Gasteiger partial charge in [0.1, 0.15) is 0 Å². The second-order valence-electron chi connectivity index (χ2n) is 3.20. The summed E-state index contributed by atoms with van der Waals surface area (Å²) in [4.78, 5) is 22.0. The minimum absolute atomic E-state index is 0.146. The molecule has 14 heavy (non-hydrogen) atoms. The van der Waals surface area contributed by atoms with E-state index >= 15 is 0 Å². The normalized spacial score (nSPS) is 10.6. The van der Waals surface area contributed by atoms with Crippen LogP contribution in [0.4, 0.5) is 0 Å². The lowest BCUT2D eigenvalue weighted by molar-refractivity contribution is 0.465. The standard InChI is InChI=1S/C11H8O3/c1-6-4-2-3-5-7(6)8-9(12)11(14)10(8)13/h2-5,12H,1H3. The molecular weight excluding hydrogens is 180 g/mol. The lowest BCUT2D eigenvalue weighted by atomic mass is 9.96. The summed E-state index contributed by atoms with van der Waals surface area (Å²) in [5.41, 5.74) is 0.262.